The van der Waals surface area contributed by atoms with Gasteiger partial charge in [0.25, 0.3) is 0 Å². The summed E-state index contributed by atoms with van der Waals surface area (Å²) in [5.74, 6) is 1.18. The van der Waals surface area contributed by atoms with Crippen molar-refractivity contribution in [1.82, 2.24) is 24.6 Å². The van der Waals surface area contributed by atoms with E-state index in [4.69, 9.17) is 0 Å². The Hall–Kier alpha value is -3.72. The zero-order chi connectivity index (χ0) is 23.2. The first kappa shape index (κ1) is 22.5. The fourth-order valence-electron chi connectivity index (χ4n) is 3.90. The van der Waals surface area contributed by atoms with E-state index < -0.39 is 0 Å². The molecule has 0 aromatic carbocycles. The molecule has 4 rings (SSSR count). The van der Waals surface area contributed by atoms with Crippen molar-refractivity contribution in [3.8, 4) is 11.1 Å². The van der Waals surface area contributed by atoms with E-state index in [-0.39, 0.29) is 11.8 Å². The Morgan fingerprint density at radius 3 is 2.73 bits per heavy atom. The number of anilines is 1. The van der Waals surface area contributed by atoms with Gasteiger partial charge in [-0.25, -0.2) is 15.0 Å². The second-order valence-corrected chi connectivity index (χ2v) is 8.11. The molecule has 0 bridgehead atoms. The van der Waals surface area contributed by atoms with Gasteiger partial charge in [0.2, 0.25) is 5.91 Å². The third kappa shape index (κ3) is 5.56. The number of carbonyl (C=O) groups excluding carboxylic acids is 1. The molecule has 0 atom stereocenters. The van der Waals surface area contributed by atoms with Gasteiger partial charge < -0.3 is 5.32 Å². The van der Waals surface area contributed by atoms with Crippen molar-refractivity contribution < 1.29 is 4.79 Å². The lowest BCUT2D eigenvalue weighted by Crippen LogP contribution is -2.40. The number of allylic oxidation sites excluding steroid dienone is 1. The van der Waals surface area contributed by atoms with E-state index in [9.17, 15) is 4.79 Å². The summed E-state index contributed by atoms with van der Waals surface area (Å²) in [5.41, 5.74) is 2.74. The van der Waals surface area contributed by atoms with Crippen LogP contribution in [0.1, 0.15) is 19.8 Å². The number of piperidine rings is 1. The predicted molar refractivity (Wildman–Crippen MR) is 131 cm³/mol. The van der Waals surface area contributed by atoms with Crippen LogP contribution < -0.4 is 5.32 Å². The maximum atomic E-state index is 12.9. The third-order valence-electron chi connectivity index (χ3n) is 5.74. The van der Waals surface area contributed by atoms with Crippen LogP contribution in [0, 0.1) is 5.92 Å². The number of amides is 1. The molecule has 3 aromatic rings. The Morgan fingerprint density at radius 1 is 1.21 bits per heavy atom. The molecular weight excluding hydrogens is 416 g/mol. The zero-order valence-corrected chi connectivity index (χ0v) is 19.0. The normalized spacial score (nSPS) is 15.9. The number of nitrogens with one attached hydrogen (secondary N) is 1. The number of rotatable bonds is 6. The number of aryl methyl sites for hydroxylation is 1. The molecule has 0 spiro atoms. The number of fused-ring (bicyclic) bond motifs is 1. The highest BCUT2D eigenvalue weighted by molar-refractivity contribution is 5.94. The van der Waals surface area contributed by atoms with E-state index in [0.29, 0.717) is 18.2 Å². The van der Waals surface area contributed by atoms with Gasteiger partial charge in [-0.15, -0.1) is 0 Å². The highest BCUT2D eigenvalue weighted by atomic mass is 16.1. The first-order valence-electron chi connectivity index (χ1n) is 11.0. The monoisotopic (exact) mass is 444 g/mol. The second kappa shape index (κ2) is 10.3. The SMILES string of the molecule is C=NC(CN1CCC(C(=O)Nc2cc3cc(-c4cnn(C)c4)cnc3cn2)CC1)=N/C=C\C. The van der Waals surface area contributed by atoms with Crippen LogP contribution >= 0.6 is 0 Å². The van der Waals surface area contributed by atoms with Crippen molar-refractivity contribution in [2.45, 2.75) is 19.8 Å². The number of hydrogen-bond donors (Lipinski definition) is 1. The van der Waals surface area contributed by atoms with Gasteiger partial charge in [0.1, 0.15) is 11.7 Å². The molecule has 1 fully saturated rings. The highest BCUT2D eigenvalue weighted by Crippen LogP contribution is 2.24. The topological polar surface area (TPSA) is 101 Å². The minimum atomic E-state index is -0.0498. The molecule has 1 saturated heterocycles. The minimum absolute atomic E-state index is 0.00234. The fraction of sp³-hybridized carbons (Fsp3) is 0.333. The summed E-state index contributed by atoms with van der Waals surface area (Å²) >= 11 is 0. The van der Waals surface area contributed by atoms with E-state index in [1.807, 2.05) is 44.6 Å². The molecule has 170 valence electrons. The summed E-state index contributed by atoms with van der Waals surface area (Å²) < 4.78 is 1.76. The van der Waals surface area contributed by atoms with Gasteiger partial charge >= 0.3 is 0 Å². The van der Waals surface area contributed by atoms with Crippen molar-refractivity contribution in [2.75, 3.05) is 25.0 Å². The molecule has 9 heteroatoms. The van der Waals surface area contributed by atoms with Crippen LogP contribution in [0.2, 0.25) is 0 Å². The van der Waals surface area contributed by atoms with E-state index in [2.05, 4.69) is 42.0 Å². The summed E-state index contributed by atoms with van der Waals surface area (Å²) in [6.07, 6.45) is 12.4. The van der Waals surface area contributed by atoms with Crippen LogP contribution in [0.15, 0.2) is 59.2 Å². The molecule has 1 aliphatic heterocycles. The molecule has 4 heterocycles. The van der Waals surface area contributed by atoms with Gasteiger partial charge in [0.15, 0.2) is 0 Å². The van der Waals surface area contributed by atoms with Crippen molar-refractivity contribution in [3.63, 3.8) is 0 Å². The van der Waals surface area contributed by atoms with Crippen LogP contribution in [-0.2, 0) is 11.8 Å². The quantitative estimate of drug-likeness (QED) is 0.464. The number of amidine groups is 1. The minimum Gasteiger partial charge on any atom is -0.310 e. The van der Waals surface area contributed by atoms with Crippen molar-refractivity contribution >= 4 is 35.2 Å². The van der Waals surface area contributed by atoms with Gasteiger partial charge in [-0.05, 0) is 51.7 Å². The first-order valence-corrected chi connectivity index (χ1v) is 11.0. The first-order chi connectivity index (χ1) is 16.1. The molecule has 1 N–H and O–H groups in total. The molecule has 0 radical (unpaired) electrons. The lowest BCUT2D eigenvalue weighted by molar-refractivity contribution is -0.121. The summed E-state index contributed by atoms with van der Waals surface area (Å²) in [6, 6.07) is 3.91. The summed E-state index contributed by atoms with van der Waals surface area (Å²) in [4.78, 5) is 32.3. The molecule has 9 nitrogen and oxygen atoms in total. The molecule has 0 aliphatic carbocycles. The van der Waals surface area contributed by atoms with E-state index in [0.717, 1.165) is 48.0 Å². The Labute approximate surface area is 193 Å². The Bertz CT molecular complexity index is 1200. The summed E-state index contributed by atoms with van der Waals surface area (Å²) in [7, 11) is 1.88. The number of pyridine rings is 2. The van der Waals surface area contributed by atoms with Crippen LogP contribution in [0.3, 0.4) is 0 Å². The highest BCUT2D eigenvalue weighted by Gasteiger charge is 2.25. The standard InChI is InChI=1S/C24H28N8O/c1-4-7-26-23(25-2)16-32-8-5-17(6-9-32)24(33)30-22-11-18-10-19(12-27-21(18)14-28-22)20-13-29-31(3)15-20/h4,7,10-15,17H,2,5-6,8-9,16H2,1,3H3,(H,28,30,33)/b7-4-,26-23?. The van der Waals surface area contributed by atoms with Crippen LogP contribution in [0.4, 0.5) is 5.82 Å². The molecule has 0 unspecified atom stereocenters. The summed E-state index contributed by atoms with van der Waals surface area (Å²) in [5, 5.41) is 8.12. The lowest BCUT2D eigenvalue weighted by atomic mass is 9.96. The van der Waals surface area contributed by atoms with Gasteiger partial charge in [-0.2, -0.15) is 5.10 Å². The third-order valence-corrected chi connectivity index (χ3v) is 5.74. The number of likely N-dealkylation sites (tertiary alicyclic amines) is 1. The van der Waals surface area contributed by atoms with Gasteiger partial charge in [0, 0.05) is 48.1 Å². The molecule has 33 heavy (non-hydrogen) atoms. The predicted octanol–water partition coefficient (Wildman–Crippen LogP) is 3.31. The van der Waals surface area contributed by atoms with Crippen LogP contribution in [0.5, 0.6) is 0 Å². The average molecular weight is 445 g/mol. The van der Waals surface area contributed by atoms with E-state index in [1.165, 1.54) is 0 Å². The zero-order valence-electron chi connectivity index (χ0n) is 19.0. The molecular formula is C24H28N8O. The lowest BCUT2D eigenvalue weighted by Gasteiger charge is -2.30. The largest absolute Gasteiger partial charge is 0.310 e. The van der Waals surface area contributed by atoms with E-state index in [1.54, 1.807) is 23.3 Å². The van der Waals surface area contributed by atoms with Crippen molar-refractivity contribution in [2.24, 2.45) is 23.0 Å². The Balaban J connectivity index is 1.38. The smallest absolute Gasteiger partial charge is 0.228 e. The Kier molecular flexibility index (Phi) is 6.99. The molecule has 1 aliphatic rings. The van der Waals surface area contributed by atoms with E-state index >= 15 is 0 Å². The van der Waals surface area contributed by atoms with Crippen molar-refractivity contribution in [1.29, 1.82) is 0 Å². The number of carbonyl (C=O) groups is 1. The molecule has 1 amide bonds. The second-order valence-electron chi connectivity index (χ2n) is 8.11. The number of aliphatic imine (C=N–C) groups is 2. The number of hydrogen-bond acceptors (Lipinski definition) is 6. The number of aromatic nitrogens is 4. The van der Waals surface area contributed by atoms with Gasteiger partial charge in [-0.3, -0.25) is 19.4 Å². The van der Waals surface area contributed by atoms with Crippen LogP contribution in [0.25, 0.3) is 22.0 Å². The van der Waals surface area contributed by atoms with Gasteiger partial charge in [0.05, 0.1) is 24.5 Å². The summed E-state index contributed by atoms with van der Waals surface area (Å²) in [6.45, 7) is 7.77. The maximum Gasteiger partial charge on any atom is 0.228 e. The van der Waals surface area contributed by atoms with Crippen LogP contribution in [-0.4, -0.2) is 62.7 Å². The van der Waals surface area contributed by atoms with Gasteiger partial charge in [-0.1, -0.05) is 6.08 Å². The number of nitrogens with zero attached hydrogens (tertiary/aromatic N) is 7. The fourth-order valence-corrected chi connectivity index (χ4v) is 3.90. The van der Waals surface area contributed by atoms with Crippen molar-refractivity contribution in [3.05, 3.63) is 49.2 Å². The Morgan fingerprint density at radius 2 is 2.03 bits per heavy atom. The molecule has 0 saturated carbocycles. The molecule has 3 aromatic heterocycles. The maximum absolute atomic E-state index is 12.9. The average Bonchev–Trinajstić information content (AvgIpc) is 3.28.